The van der Waals surface area contributed by atoms with Crippen molar-refractivity contribution in [1.82, 2.24) is 14.8 Å². The fraction of sp³-hybridized carbons (Fsp3) is 0.158. The second-order valence-electron chi connectivity index (χ2n) is 5.76. The van der Waals surface area contributed by atoms with Crippen LogP contribution in [-0.2, 0) is 10.9 Å². The van der Waals surface area contributed by atoms with Gasteiger partial charge in [0.1, 0.15) is 0 Å². The summed E-state index contributed by atoms with van der Waals surface area (Å²) in [5.74, 6) is -1.61. The van der Waals surface area contributed by atoms with E-state index in [0.29, 0.717) is 4.68 Å². The van der Waals surface area contributed by atoms with Crippen LogP contribution < -0.4 is 5.32 Å². The molecular weight excluding hydrogens is 389 g/mol. The van der Waals surface area contributed by atoms with Gasteiger partial charge in [-0.05, 0) is 43.3 Å². The van der Waals surface area contributed by atoms with Crippen molar-refractivity contribution in [1.29, 1.82) is 0 Å². The van der Waals surface area contributed by atoms with Gasteiger partial charge in [0.05, 0.1) is 23.9 Å². The van der Waals surface area contributed by atoms with Crippen LogP contribution in [0.4, 0.5) is 18.9 Å². The van der Waals surface area contributed by atoms with Crippen LogP contribution in [0.1, 0.15) is 33.3 Å². The van der Waals surface area contributed by atoms with Crippen molar-refractivity contribution < 1.29 is 27.5 Å². The minimum absolute atomic E-state index is 0.0716. The van der Waals surface area contributed by atoms with Gasteiger partial charge in [-0.3, -0.25) is 4.79 Å². The van der Waals surface area contributed by atoms with Crippen molar-refractivity contribution in [3.8, 4) is 5.82 Å². The summed E-state index contributed by atoms with van der Waals surface area (Å²) >= 11 is 0. The number of rotatable bonds is 5. The Morgan fingerprint density at radius 3 is 2.45 bits per heavy atom. The van der Waals surface area contributed by atoms with Gasteiger partial charge >= 0.3 is 12.1 Å². The Bertz CT molecular complexity index is 1020. The van der Waals surface area contributed by atoms with Gasteiger partial charge in [0.25, 0.3) is 5.91 Å². The summed E-state index contributed by atoms with van der Waals surface area (Å²) < 4.78 is 46.3. The van der Waals surface area contributed by atoms with E-state index in [1.165, 1.54) is 42.6 Å². The summed E-state index contributed by atoms with van der Waals surface area (Å²) in [5.41, 5.74) is -1.43. The number of nitrogens with zero attached hydrogens (tertiary/aromatic N) is 3. The normalized spacial score (nSPS) is 11.2. The average molecular weight is 404 g/mol. The first kappa shape index (κ1) is 20.1. The molecule has 0 fully saturated rings. The van der Waals surface area contributed by atoms with Gasteiger partial charge in [-0.2, -0.15) is 18.3 Å². The van der Waals surface area contributed by atoms with Crippen LogP contribution in [0.3, 0.4) is 0 Å². The number of halogens is 3. The predicted molar refractivity (Wildman–Crippen MR) is 96.7 cm³/mol. The zero-order valence-corrected chi connectivity index (χ0v) is 15.1. The Kier molecular flexibility index (Phi) is 5.62. The highest BCUT2D eigenvalue weighted by Gasteiger charge is 2.40. The third-order valence-corrected chi connectivity index (χ3v) is 3.80. The van der Waals surface area contributed by atoms with E-state index in [1.54, 1.807) is 13.0 Å². The minimum Gasteiger partial charge on any atom is -0.462 e. The van der Waals surface area contributed by atoms with Gasteiger partial charge in [-0.15, -0.1) is 0 Å². The van der Waals surface area contributed by atoms with Crippen LogP contribution in [0.5, 0.6) is 0 Å². The number of carbonyl (C=O) groups is 2. The van der Waals surface area contributed by atoms with Crippen LogP contribution in [0, 0.1) is 0 Å². The average Bonchev–Trinajstić information content (AvgIpc) is 3.15. The molecule has 0 saturated carbocycles. The number of pyridine rings is 1. The van der Waals surface area contributed by atoms with Gasteiger partial charge < -0.3 is 10.1 Å². The van der Waals surface area contributed by atoms with Crippen LogP contribution >= 0.6 is 0 Å². The predicted octanol–water partition coefficient (Wildman–Crippen LogP) is 3.72. The fourth-order valence-corrected chi connectivity index (χ4v) is 2.54. The van der Waals surface area contributed by atoms with Crippen molar-refractivity contribution in [3.05, 3.63) is 71.7 Å². The lowest BCUT2D eigenvalue weighted by Crippen LogP contribution is -2.21. The van der Waals surface area contributed by atoms with Crippen molar-refractivity contribution in [2.24, 2.45) is 0 Å². The Hall–Kier alpha value is -3.69. The van der Waals surface area contributed by atoms with Gasteiger partial charge in [0.2, 0.25) is 0 Å². The number of hydrogen-bond acceptors (Lipinski definition) is 5. The molecule has 1 aromatic carbocycles. The lowest BCUT2D eigenvalue weighted by atomic mass is 10.2. The second kappa shape index (κ2) is 8.13. The molecule has 3 rings (SSSR count). The van der Waals surface area contributed by atoms with Gasteiger partial charge in [0.15, 0.2) is 11.5 Å². The number of benzene rings is 1. The van der Waals surface area contributed by atoms with Crippen LogP contribution in [-0.4, -0.2) is 33.2 Å². The highest BCUT2D eigenvalue weighted by atomic mass is 19.4. The lowest BCUT2D eigenvalue weighted by molar-refractivity contribution is -0.143. The molecule has 0 saturated heterocycles. The van der Waals surface area contributed by atoms with Crippen LogP contribution in [0.2, 0.25) is 0 Å². The number of ether oxygens (including phenoxy) is 1. The number of aromatic nitrogens is 3. The molecule has 0 aliphatic carbocycles. The Morgan fingerprint density at radius 2 is 1.86 bits per heavy atom. The molecule has 0 radical (unpaired) electrons. The van der Waals surface area contributed by atoms with Crippen LogP contribution in [0.25, 0.3) is 5.82 Å². The van der Waals surface area contributed by atoms with Crippen LogP contribution in [0.15, 0.2) is 54.9 Å². The maximum atomic E-state index is 13.6. The first-order valence-corrected chi connectivity index (χ1v) is 8.46. The molecular formula is C19H15F3N4O3. The third kappa shape index (κ3) is 4.42. The molecule has 7 nitrogen and oxygen atoms in total. The standard InChI is InChI=1S/C19H15F3N4O3/c1-2-29-18(28)12-6-8-13(9-7-12)25-17(27)14-11-24-26(16(14)19(20,21)22)15-5-3-4-10-23-15/h3-11H,2H2,1H3,(H,25,27). The molecule has 150 valence electrons. The molecule has 29 heavy (non-hydrogen) atoms. The largest absolute Gasteiger partial charge is 0.462 e. The number of hydrogen-bond donors (Lipinski definition) is 1. The first-order valence-electron chi connectivity index (χ1n) is 8.46. The molecule has 0 aliphatic rings. The lowest BCUT2D eigenvalue weighted by Gasteiger charge is -2.12. The van der Waals surface area contributed by atoms with Gasteiger partial charge in [-0.1, -0.05) is 6.07 Å². The highest BCUT2D eigenvalue weighted by molar-refractivity contribution is 6.05. The van der Waals surface area contributed by atoms with E-state index in [2.05, 4.69) is 15.4 Å². The maximum Gasteiger partial charge on any atom is 0.434 e. The molecule has 3 aromatic rings. The monoisotopic (exact) mass is 404 g/mol. The fourth-order valence-electron chi connectivity index (χ4n) is 2.54. The molecule has 2 heterocycles. The van der Waals surface area contributed by atoms with Crippen molar-refractivity contribution in [2.45, 2.75) is 13.1 Å². The molecule has 2 aromatic heterocycles. The summed E-state index contributed by atoms with van der Waals surface area (Å²) in [6, 6.07) is 9.98. The highest BCUT2D eigenvalue weighted by Crippen LogP contribution is 2.33. The van der Waals surface area contributed by atoms with E-state index in [-0.39, 0.29) is 23.7 Å². The molecule has 0 spiro atoms. The van der Waals surface area contributed by atoms with Crippen molar-refractivity contribution in [3.63, 3.8) is 0 Å². The van der Waals surface area contributed by atoms with E-state index in [9.17, 15) is 22.8 Å². The topological polar surface area (TPSA) is 86.1 Å². The Balaban J connectivity index is 1.88. The Labute approximate surface area is 163 Å². The third-order valence-electron chi connectivity index (χ3n) is 3.80. The van der Waals surface area contributed by atoms with Gasteiger partial charge in [-0.25, -0.2) is 14.5 Å². The molecule has 0 atom stereocenters. The number of alkyl halides is 3. The SMILES string of the molecule is CCOC(=O)c1ccc(NC(=O)c2cnn(-c3ccccn3)c2C(F)(F)F)cc1. The molecule has 0 bridgehead atoms. The zero-order valence-electron chi connectivity index (χ0n) is 15.1. The number of esters is 1. The molecule has 0 aliphatic heterocycles. The quantitative estimate of drug-likeness (QED) is 0.655. The van der Waals surface area contributed by atoms with Gasteiger partial charge in [0, 0.05) is 11.9 Å². The smallest absolute Gasteiger partial charge is 0.434 e. The second-order valence-corrected chi connectivity index (χ2v) is 5.76. The van der Waals surface area contributed by atoms with E-state index < -0.39 is 29.3 Å². The van der Waals surface area contributed by atoms with Crippen molar-refractivity contribution >= 4 is 17.6 Å². The minimum atomic E-state index is -4.84. The maximum absolute atomic E-state index is 13.6. The molecule has 0 unspecified atom stereocenters. The summed E-state index contributed by atoms with van der Waals surface area (Å²) in [5, 5.41) is 6.05. The summed E-state index contributed by atoms with van der Waals surface area (Å²) in [6.07, 6.45) is -2.68. The summed E-state index contributed by atoms with van der Waals surface area (Å²) in [7, 11) is 0. The van der Waals surface area contributed by atoms with Crippen molar-refractivity contribution in [2.75, 3.05) is 11.9 Å². The summed E-state index contributed by atoms with van der Waals surface area (Å²) in [4.78, 5) is 28.0. The van der Waals surface area contributed by atoms with E-state index in [4.69, 9.17) is 4.74 Å². The molecule has 1 N–H and O–H groups in total. The van der Waals surface area contributed by atoms with E-state index in [1.807, 2.05) is 0 Å². The number of anilines is 1. The Morgan fingerprint density at radius 1 is 1.14 bits per heavy atom. The van der Waals surface area contributed by atoms with E-state index >= 15 is 0 Å². The molecule has 10 heteroatoms. The number of amides is 1. The summed E-state index contributed by atoms with van der Waals surface area (Å²) in [6.45, 7) is 1.87. The first-order chi connectivity index (χ1) is 13.8. The molecule has 1 amide bonds. The number of carbonyl (C=O) groups excluding carboxylic acids is 2. The number of nitrogens with one attached hydrogen (secondary N) is 1. The zero-order chi connectivity index (χ0) is 21.0. The van der Waals surface area contributed by atoms with E-state index in [0.717, 1.165) is 6.20 Å².